The van der Waals surface area contributed by atoms with E-state index in [1.165, 1.54) is 24.3 Å². The number of amides is 2. The Morgan fingerprint density at radius 2 is 1.41 bits per heavy atom. The highest BCUT2D eigenvalue weighted by atomic mass is 35.5. The maximum atomic E-state index is 15.9. The van der Waals surface area contributed by atoms with Crippen LogP contribution in [0.5, 0.6) is 11.5 Å². The Morgan fingerprint density at radius 3 is 2.01 bits per heavy atom. The van der Waals surface area contributed by atoms with Gasteiger partial charge in [-0.3, -0.25) is 9.59 Å². The van der Waals surface area contributed by atoms with Gasteiger partial charge in [0.1, 0.15) is 47.3 Å². The molecule has 0 spiro atoms. The lowest BCUT2D eigenvalue weighted by atomic mass is 9.49. The normalized spacial score (nSPS) is 22.3. The molecule has 4 aromatic rings. The smallest absolute Gasteiger partial charge is 0.251 e. The monoisotopic (exact) mass is 1020 g/mol. The topological polar surface area (TPSA) is 164 Å². The number of carbonyl (C=O) groups is 2. The third-order valence-corrected chi connectivity index (χ3v) is 13.9. The highest BCUT2D eigenvalue weighted by Crippen LogP contribution is 2.56. The van der Waals surface area contributed by atoms with E-state index in [9.17, 15) is 20.1 Å². The molecule has 1 saturated heterocycles. The quantitative estimate of drug-likeness (QED) is 0.0685. The minimum Gasteiger partial charge on any atom is -0.491 e. The zero-order valence-corrected chi connectivity index (χ0v) is 42.7. The van der Waals surface area contributed by atoms with Crippen molar-refractivity contribution < 1.29 is 42.1 Å². The lowest BCUT2D eigenvalue weighted by molar-refractivity contribution is -0.164. The highest BCUT2D eigenvalue weighted by Gasteiger charge is 2.64. The second kappa shape index (κ2) is 23.0. The Balaban J connectivity index is 0.889. The average Bonchev–Trinajstić information content (AvgIpc) is 3.62. The predicted octanol–water partition coefficient (Wildman–Crippen LogP) is 9.98. The van der Waals surface area contributed by atoms with E-state index in [1.54, 1.807) is 48.5 Å². The Labute approximate surface area is 424 Å². The minimum absolute atomic E-state index is 0.00327. The fourth-order valence-electron chi connectivity index (χ4n) is 10.2. The molecule has 2 aliphatic rings. The van der Waals surface area contributed by atoms with Crippen LogP contribution in [0.15, 0.2) is 78.9 Å². The van der Waals surface area contributed by atoms with Crippen molar-refractivity contribution >= 4 is 46.6 Å². The van der Waals surface area contributed by atoms with Crippen molar-refractivity contribution in [1.82, 2.24) is 16.0 Å². The fraction of sp³-hybridized carbons (Fsp3) is 0.472. The molecule has 1 saturated carbocycles. The van der Waals surface area contributed by atoms with Crippen LogP contribution in [-0.4, -0.2) is 88.8 Å². The lowest BCUT2D eigenvalue weighted by Crippen LogP contribution is -2.74. The summed E-state index contributed by atoms with van der Waals surface area (Å²) in [4.78, 5) is 27.3. The summed E-state index contributed by atoms with van der Waals surface area (Å²) in [5.41, 5.74) is -2.01. The molecule has 0 bridgehead atoms. The van der Waals surface area contributed by atoms with E-state index < -0.39 is 51.8 Å². The summed E-state index contributed by atoms with van der Waals surface area (Å²) in [5, 5.41) is 29.8. The number of nitriles is 2. The molecule has 1 aliphatic carbocycles. The van der Waals surface area contributed by atoms with Gasteiger partial charge in [-0.15, -0.1) is 0 Å². The van der Waals surface area contributed by atoms with Crippen molar-refractivity contribution in [2.24, 2.45) is 16.2 Å². The second-order valence-corrected chi connectivity index (χ2v) is 21.2. The molecule has 4 atom stereocenters. The minimum atomic E-state index is -1.73. The maximum Gasteiger partial charge on any atom is 0.251 e. The van der Waals surface area contributed by atoms with Crippen molar-refractivity contribution in [3.05, 3.63) is 128 Å². The maximum absolute atomic E-state index is 15.9. The molecular formula is C53H60Cl3F2N5O7. The van der Waals surface area contributed by atoms with Crippen LogP contribution in [0, 0.1) is 50.5 Å². The third kappa shape index (κ3) is 12.2. The standard InChI is InChI=1S/C53H60Cl3F2N5O7/c1-50(2,3)29-42-53(31-60,38-18-14-34(54)27-41(38)57)43(37-9-8-10-39(55)44(37)58)45(62-42)47(65)61-19-20-66-21-22-67-23-24-68-25-26-69-35-15-11-32(12-16-35)46(64)63-48-51(4,5)49(52(48,6)7)70-36-17-13-33(30-59)40(56)28-36/h8-18,27-28,42-43,45,48-49,62H,19-26,29H2,1-7H3,(H,61,65)(H,63,64)/t42-,43?,45?,48-,49-,53-/m0/s1. The van der Waals surface area contributed by atoms with Gasteiger partial charge in [0.25, 0.3) is 5.91 Å². The van der Waals surface area contributed by atoms with Crippen molar-refractivity contribution in [3.8, 4) is 23.6 Å². The van der Waals surface area contributed by atoms with Crippen LogP contribution in [-0.2, 0) is 24.4 Å². The Hall–Kier alpha value is -5.03. The molecule has 3 N–H and O–H groups in total. The van der Waals surface area contributed by atoms with Crippen molar-refractivity contribution in [3.63, 3.8) is 0 Å². The van der Waals surface area contributed by atoms with Crippen LogP contribution in [0.4, 0.5) is 8.78 Å². The van der Waals surface area contributed by atoms with E-state index in [0.717, 1.165) is 6.07 Å². The zero-order valence-electron chi connectivity index (χ0n) is 40.4. The molecule has 17 heteroatoms. The van der Waals surface area contributed by atoms with Crippen LogP contribution >= 0.6 is 34.8 Å². The molecule has 2 unspecified atom stereocenters. The van der Waals surface area contributed by atoms with E-state index in [2.05, 4.69) is 28.1 Å². The summed E-state index contributed by atoms with van der Waals surface area (Å²) in [7, 11) is 0. The summed E-state index contributed by atoms with van der Waals surface area (Å²) >= 11 is 18.6. The van der Waals surface area contributed by atoms with Crippen molar-refractivity contribution in [1.29, 1.82) is 10.5 Å². The first-order chi connectivity index (χ1) is 33.1. The first-order valence-electron chi connectivity index (χ1n) is 23.1. The van der Waals surface area contributed by atoms with Crippen molar-refractivity contribution in [2.45, 2.75) is 90.4 Å². The van der Waals surface area contributed by atoms with Crippen LogP contribution < -0.4 is 25.4 Å². The molecule has 1 aliphatic heterocycles. The molecule has 0 radical (unpaired) electrons. The molecule has 12 nitrogen and oxygen atoms in total. The van der Waals surface area contributed by atoms with E-state index in [0.29, 0.717) is 53.9 Å². The summed E-state index contributed by atoms with van der Waals surface area (Å²) < 4.78 is 60.9. The first-order valence-corrected chi connectivity index (χ1v) is 24.3. The summed E-state index contributed by atoms with van der Waals surface area (Å²) in [5.74, 6) is -2.26. The fourth-order valence-corrected chi connectivity index (χ4v) is 10.7. The summed E-state index contributed by atoms with van der Waals surface area (Å²) in [6.45, 7) is 16.1. The molecule has 2 amide bonds. The summed E-state index contributed by atoms with van der Waals surface area (Å²) in [6, 6.07) is 22.6. The van der Waals surface area contributed by atoms with Gasteiger partial charge in [-0.25, -0.2) is 8.78 Å². The number of ether oxygens (including phenoxy) is 5. The lowest BCUT2D eigenvalue weighted by Gasteiger charge is -2.63. The molecule has 70 heavy (non-hydrogen) atoms. The highest BCUT2D eigenvalue weighted by molar-refractivity contribution is 6.32. The third-order valence-electron chi connectivity index (χ3n) is 13.1. The summed E-state index contributed by atoms with van der Waals surface area (Å²) in [6.07, 6.45) is 0.130. The average molecular weight is 1020 g/mol. The Morgan fingerprint density at radius 1 is 0.786 bits per heavy atom. The van der Waals surface area contributed by atoms with E-state index >= 15 is 8.78 Å². The Bertz CT molecular complexity index is 2570. The molecule has 2 fully saturated rings. The number of nitrogens with zero attached hydrogens (tertiary/aromatic N) is 2. The van der Waals surface area contributed by atoms with Gasteiger partial charge in [0, 0.05) is 57.6 Å². The zero-order chi connectivity index (χ0) is 51.0. The number of carbonyl (C=O) groups excluding carboxylic acids is 2. The number of hydrogen-bond donors (Lipinski definition) is 3. The molecule has 1 heterocycles. The SMILES string of the molecule is CC(C)(C)C[C@@H]1NC(C(=O)NCCOCCOCCOCCOc2ccc(C(=O)N[C@H]3C(C)(C)[C@H](Oc4ccc(C#N)c(Cl)c4)C3(C)C)cc2)C(c2cccc(Cl)c2F)[C@@]1(C#N)c1ccc(Cl)cc1F. The number of benzene rings is 4. The van der Waals surface area contributed by atoms with Gasteiger partial charge >= 0.3 is 0 Å². The molecule has 374 valence electrons. The molecule has 6 rings (SSSR count). The number of hydrogen-bond acceptors (Lipinski definition) is 10. The Kier molecular flexibility index (Phi) is 17.9. The van der Waals surface area contributed by atoms with Crippen LogP contribution in [0.3, 0.4) is 0 Å². The number of nitrogens with one attached hydrogen (secondary N) is 3. The van der Waals surface area contributed by atoms with Gasteiger partial charge in [0.15, 0.2) is 0 Å². The van der Waals surface area contributed by atoms with Crippen LogP contribution in [0.25, 0.3) is 0 Å². The van der Waals surface area contributed by atoms with Gasteiger partial charge in [-0.05, 0) is 72.0 Å². The molecular weight excluding hydrogens is 963 g/mol. The van der Waals surface area contributed by atoms with Gasteiger partial charge in [-0.2, -0.15) is 10.5 Å². The molecule has 4 aromatic carbocycles. The van der Waals surface area contributed by atoms with E-state index in [1.807, 2.05) is 48.5 Å². The van der Waals surface area contributed by atoms with Gasteiger partial charge < -0.3 is 39.6 Å². The van der Waals surface area contributed by atoms with E-state index in [4.69, 9.17) is 58.5 Å². The van der Waals surface area contributed by atoms with Gasteiger partial charge in [0.05, 0.1) is 67.4 Å². The molecule has 0 aromatic heterocycles. The predicted molar refractivity (Wildman–Crippen MR) is 264 cm³/mol. The first kappa shape index (κ1) is 54.3. The van der Waals surface area contributed by atoms with Gasteiger partial charge in [-0.1, -0.05) is 101 Å². The van der Waals surface area contributed by atoms with Crippen LogP contribution in [0.2, 0.25) is 15.1 Å². The number of rotatable bonds is 21. The second-order valence-electron chi connectivity index (χ2n) is 20.0. The van der Waals surface area contributed by atoms with Crippen LogP contribution in [0.1, 0.15) is 87.9 Å². The van der Waals surface area contributed by atoms with Gasteiger partial charge in [0.2, 0.25) is 5.91 Å². The van der Waals surface area contributed by atoms with E-state index in [-0.39, 0.29) is 77.6 Å². The largest absolute Gasteiger partial charge is 0.491 e. The van der Waals surface area contributed by atoms with Crippen molar-refractivity contribution in [2.75, 3.05) is 52.8 Å². The number of halogens is 5.